The first kappa shape index (κ1) is 8.87. The molecule has 1 heterocycles. The van der Waals surface area contributed by atoms with Crippen LogP contribution in [0.5, 0.6) is 0 Å². The molecule has 0 amide bonds. The first-order chi connectivity index (χ1) is 5.27. The minimum Gasteiger partial charge on any atom is -0.399 e. The number of halogens is 1. The van der Waals surface area contributed by atoms with Crippen molar-refractivity contribution in [1.29, 1.82) is 0 Å². The molecule has 0 unspecified atom stereocenters. The van der Waals surface area contributed by atoms with E-state index >= 15 is 0 Å². The van der Waals surface area contributed by atoms with E-state index in [2.05, 4.69) is 10.2 Å². The number of aromatic amines is 1. The minimum absolute atomic E-state index is 0. The fourth-order valence-corrected chi connectivity index (χ4v) is 1.17. The van der Waals surface area contributed by atoms with Gasteiger partial charge in [0, 0.05) is 11.1 Å². The lowest BCUT2D eigenvalue weighted by Gasteiger charge is -1.91. The fraction of sp³-hybridized carbons (Fsp3) is 0.125. The summed E-state index contributed by atoms with van der Waals surface area (Å²) >= 11 is 0. The van der Waals surface area contributed by atoms with Crippen molar-refractivity contribution < 1.29 is 0 Å². The molecule has 0 fully saturated rings. The van der Waals surface area contributed by atoms with E-state index in [1.165, 1.54) is 0 Å². The molecule has 12 heavy (non-hydrogen) atoms. The van der Waals surface area contributed by atoms with Gasteiger partial charge in [-0.25, -0.2) is 0 Å². The fourth-order valence-electron chi connectivity index (χ4n) is 1.17. The van der Waals surface area contributed by atoms with E-state index in [0.717, 1.165) is 22.3 Å². The molecule has 2 aromatic rings. The van der Waals surface area contributed by atoms with Crippen molar-refractivity contribution in [2.45, 2.75) is 6.92 Å². The Kier molecular flexibility index (Phi) is 2.24. The lowest BCUT2D eigenvalue weighted by Crippen LogP contribution is -1.82. The largest absolute Gasteiger partial charge is 0.399 e. The first-order valence-electron chi connectivity index (χ1n) is 3.47. The van der Waals surface area contributed by atoms with Crippen molar-refractivity contribution in [1.82, 2.24) is 10.2 Å². The van der Waals surface area contributed by atoms with Gasteiger partial charge in [-0.2, -0.15) is 5.10 Å². The number of anilines is 1. The topological polar surface area (TPSA) is 54.7 Å². The Bertz CT molecular complexity index is 394. The number of H-pyrrole nitrogens is 1. The lowest BCUT2D eigenvalue weighted by atomic mass is 10.2. The van der Waals surface area contributed by atoms with Crippen LogP contribution in [-0.2, 0) is 0 Å². The predicted molar refractivity (Wildman–Crippen MR) is 52.5 cm³/mol. The van der Waals surface area contributed by atoms with Crippen LogP contribution in [-0.4, -0.2) is 10.2 Å². The molecule has 0 radical (unpaired) electrons. The van der Waals surface area contributed by atoms with E-state index in [1.807, 2.05) is 25.1 Å². The molecule has 0 aliphatic rings. The van der Waals surface area contributed by atoms with Gasteiger partial charge < -0.3 is 5.73 Å². The van der Waals surface area contributed by atoms with Gasteiger partial charge in [-0.05, 0) is 25.1 Å². The maximum atomic E-state index is 5.59. The Morgan fingerprint density at radius 2 is 2.17 bits per heavy atom. The highest BCUT2D eigenvalue weighted by atomic mass is 35.5. The molecule has 4 heteroatoms. The highest BCUT2D eigenvalue weighted by Gasteiger charge is 1.99. The monoisotopic (exact) mass is 183 g/mol. The normalized spacial score (nSPS) is 9.75. The van der Waals surface area contributed by atoms with E-state index in [4.69, 9.17) is 5.73 Å². The zero-order chi connectivity index (χ0) is 7.84. The summed E-state index contributed by atoms with van der Waals surface area (Å²) in [5.41, 5.74) is 8.37. The van der Waals surface area contributed by atoms with Crippen molar-refractivity contribution in [2.75, 3.05) is 5.73 Å². The van der Waals surface area contributed by atoms with Crippen molar-refractivity contribution in [2.24, 2.45) is 0 Å². The van der Waals surface area contributed by atoms with Gasteiger partial charge in [0.05, 0.1) is 11.2 Å². The molecule has 0 saturated heterocycles. The highest BCUT2D eigenvalue weighted by molar-refractivity contribution is 5.85. The van der Waals surface area contributed by atoms with Gasteiger partial charge in [-0.1, -0.05) is 0 Å². The molecular weight excluding hydrogens is 174 g/mol. The third kappa shape index (κ3) is 1.23. The number of rotatable bonds is 0. The van der Waals surface area contributed by atoms with Gasteiger partial charge in [0.15, 0.2) is 0 Å². The van der Waals surface area contributed by atoms with Crippen LogP contribution >= 0.6 is 12.4 Å². The number of nitrogens with zero attached hydrogens (tertiary/aromatic N) is 1. The van der Waals surface area contributed by atoms with Gasteiger partial charge >= 0.3 is 0 Å². The quantitative estimate of drug-likeness (QED) is 0.613. The summed E-state index contributed by atoms with van der Waals surface area (Å²) in [6, 6.07) is 5.74. The highest BCUT2D eigenvalue weighted by Crippen LogP contribution is 2.17. The summed E-state index contributed by atoms with van der Waals surface area (Å²) in [5.74, 6) is 0. The van der Waals surface area contributed by atoms with Crippen LogP contribution in [0.25, 0.3) is 10.9 Å². The number of hydrogen-bond donors (Lipinski definition) is 2. The number of hydrogen-bond acceptors (Lipinski definition) is 2. The number of nitrogen functional groups attached to an aromatic ring is 1. The molecule has 0 spiro atoms. The van der Waals surface area contributed by atoms with E-state index in [0.29, 0.717) is 0 Å². The number of fused-ring (bicyclic) bond motifs is 1. The summed E-state index contributed by atoms with van der Waals surface area (Å²) in [6.45, 7) is 1.97. The van der Waals surface area contributed by atoms with Crippen LogP contribution in [0, 0.1) is 6.92 Å². The van der Waals surface area contributed by atoms with Crippen molar-refractivity contribution in [3.8, 4) is 0 Å². The third-order valence-corrected chi connectivity index (χ3v) is 1.78. The summed E-state index contributed by atoms with van der Waals surface area (Å²) < 4.78 is 0. The lowest BCUT2D eigenvalue weighted by molar-refractivity contribution is 1.07. The zero-order valence-corrected chi connectivity index (χ0v) is 7.48. The van der Waals surface area contributed by atoms with E-state index in [-0.39, 0.29) is 12.4 Å². The molecule has 3 nitrogen and oxygen atoms in total. The second-order valence-corrected chi connectivity index (χ2v) is 2.61. The Morgan fingerprint density at radius 3 is 2.92 bits per heavy atom. The van der Waals surface area contributed by atoms with Gasteiger partial charge in [-0.3, -0.25) is 5.10 Å². The number of nitrogens with two attached hydrogens (primary N) is 1. The van der Waals surface area contributed by atoms with Gasteiger partial charge in [0.25, 0.3) is 0 Å². The second-order valence-electron chi connectivity index (χ2n) is 2.61. The van der Waals surface area contributed by atoms with Crippen LogP contribution in [0.3, 0.4) is 0 Å². The molecule has 64 valence electrons. The number of nitrogens with one attached hydrogen (secondary N) is 1. The van der Waals surface area contributed by atoms with Crippen molar-refractivity contribution >= 4 is 29.0 Å². The average Bonchev–Trinajstić information content (AvgIpc) is 2.32. The maximum Gasteiger partial charge on any atom is 0.0673 e. The van der Waals surface area contributed by atoms with Gasteiger partial charge in [0.2, 0.25) is 0 Å². The standard InChI is InChI=1S/C8H9N3.ClH/c1-5-7-3-2-6(9)4-8(7)11-10-5;/h2-4H,9H2,1H3,(H,10,11);1H. The van der Waals surface area contributed by atoms with Crippen LogP contribution in [0.2, 0.25) is 0 Å². The molecule has 0 aliphatic carbocycles. The Labute approximate surface area is 76.4 Å². The van der Waals surface area contributed by atoms with E-state index in [9.17, 15) is 0 Å². The van der Waals surface area contributed by atoms with Crippen molar-refractivity contribution in [3.63, 3.8) is 0 Å². The second kappa shape index (κ2) is 3.03. The van der Waals surface area contributed by atoms with E-state index in [1.54, 1.807) is 0 Å². The van der Waals surface area contributed by atoms with E-state index < -0.39 is 0 Å². The number of aromatic nitrogens is 2. The first-order valence-corrected chi connectivity index (χ1v) is 3.47. The molecule has 3 N–H and O–H groups in total. The smallest absolute Gasteiger partial charge is 0.0673 e. The minimum atomic E-state index is 0. The Hall–Kier alpha value is -1.22. The molecule has 0 saturated carbocycles. The third-order valence-electron chi connectivity index (χ3n) is 1.78. The van der Waals surface area contributed by atoms with Crippen LogP contribution in [0.1, 0.15) is 5.69 Å². The van der Waals surface area contributed by atoms with Crippen LogP contribution in [0.4, 0.5) is 5.69 Å². The van der Waals surface area contributed by atoms with Gasteiger partial charge in [-0.15, -0.1) is 12.4 Å². The summed E-state index contributed by atoms with van der Waals surface area (Å²) in [7, 11) is 0. The molecule has 0 aliphatic heterocycles. The summed E-state index contributed by atoms with van der Waals surface area (Å²) in [4.78, 5) is 0. The molecule has 0 atom stereocenters. The molecule has 1 aromatic heterocycles. The number of aryl methyl sites for hydroxylation is 1. The average molecular weight is 184 g/mol. The van der Waals surface area contributed by atoms with Crippen molar-refractivity contribution in [3.05, 3.63) is 23.9 Å². The maximum absolute atomic E-state index is 5.59. The molecule has 0 bridgehead atoms. The summed E-state index contributed by atoms with van der Waals surface area (Å²) in [5, 5.41) is 8.09. The zero-order valence-electron chi connectivity index (χ0n) is 6.66. The Morgan fingerprint density at radius 1 is 1.42 bits per heavy atom. The predicted octanol–water partition coefficient (Wildman–Crippen LogP) is 1.88. The van der Waals surface area contributed by atoms with Gasteiger partial charge in [0.1, 0.15) is 0 Å². The van der Waals surface area contributed by atoms with Crippen LogP contribution in [0.15, 0.2) is 18.2 Å². The Balaban J connectivity index is 0.000000720. The molecular formula is C8H10ClN3. The summed E-state index contributed by atoms with van der Waals surface area (Å²) in [6.07, 6.45) is 0. The molecule has 2 rings (SSSR count). The van der Waals surface area contributed by atoms with Crippen LogP contribution < -0.4 is 5.73 Å². The number of benzene rings is 1. The molecule has 1 aromatic carbocycles. The SMILES string of the molecule is Cc1n[nH]c2cc(N)ccc12.Cl.